The number of carbonyl (C=O) groups is 2. The Kier molecular flexibility index (Phi) is 4.38. The van der Waals surface area contributed by atoms with Crippen LogP contribution in [0, 0.1) is 5.92 Å². The highest BCUT2D eigenvalue weighted by Gasteiger charge is 2.34. The van der Waals surface area contributed by atoms with Gasteiger partial charge in [0, 0.05) is 18.3 Å². The average molecular weight is 299 g/mol. The molecule has 1 aliphatic carbocycles. The number of carboxylic acids is 1. The predicted molar refractivity (Wildman–Crippen MR) is 76.1 cm³/mol. The van der Waals surface area contributed by atoms with Crippen LogP contribution in [0.15, 0.2) is 12.3 Å². The third-order valence-electron chi connectivity index (χ3n) is 3.51. The van der Waals surface area contributed by atoms with Crippen molar-refractivity contribution in [1.82, 2.24) is 9.88 Å². The van der Waals surface area contributed by atoms with Crippen molar-refractivity contribution in [3.8, 4) is 0 Å². The highest BCUT2D eigenvalue weighted by atomic mass is 35.5. The zero-order valence-corrected chi connectivity index (χ0v) is 12.4. The molecular formula is C14H19ClN2O3. The van der Waals surface area contributed by atoms with Gasteiger partial charge in [-0.15, -0.1) is 0 Å². The first kappa shape index (κ1) is 14.9. The second-order valence-corrected chi connectivity index (χ2v) is 6.00. The number of nitrogens with one attached hydrogen (secondary N) is 1. The molecule has 6 heteroatoms. The van der Waals surface area contributed by atoms with Crippen molar-refractivity contribution in [1.29, 1.82) is 0 Å². The van der Waals surface area contributed by atoms with Gasteiger partial charge < -0.3 is 15.0 Å². The first-order chi connectivity index (χ1) is 9.38. The monoisotopic (exact) mass is 298 g/mol. The molecule has 0 spiro atoms. The normalized spacial score (nSPS) is 16.2. The molecule has 1 unspecified atom stereocenters. The summed E-state index contributed by atoms with van der Waals surface area (Å²) in [7, 11) is 0. The number of aliphatic carboxylic acids is 1. The number of rotatable bonds is 6. The summed E-state index contributed by atoms with van der Waals surface area (Å²) in [5.41, 5.74) is 0.473. The molecule has 5 nitrogen and oxygen atoms in total. The van der Waals surface area contributed by atoms with Gasteiger partial charge in [-0.05, 0) is 38.7 Å². The third-order valence-corrected chi connectivity index (χ3v) is 3.71. The molecular weight excluding hydrogens is 280 g/mol. The van der Waals surface area contributed by atoms with Crippen LogP contribution in [0.2, 0.25) is 5.02 Å². The minimum atomic E-state index is -0.889. The van der Waals surface area contributed by atoms with Crippen LogP contribution in [0.3, 0.4) is 0 Å². The van der Waals surface area contributed by atoms with E-state index in [-0.39, 0.29) is 30.3 Å². The number of carbonyl (C=O) groups excluding carboxylic acids is 1. The molecule has 1 amide bonds. The van der Waals surface area contributed by atoms with E-state index < -0.39 is 5.97 Å². The van der Waals surface area contributed by atoms with Gasteiger partial charge in [-0.2, -0.15) is 0 Å². The highest BCUT2D eigenvalue weighted by Crippen LogP contribution is 2.34. The molecule has 1 aromatic heterocycles. The highest BCUT2D eigenvalue weighted by molar-refractivity contribution is 6.31. The van der Waals surface area contributed by atoms with Crippen LogP contribution in [0.25, 0.3) is 0 Å². The molecule has 1 aromatic rings. The van der Waals surface area contributed by atoms with Crippen LogP contribution in [-0.4, -0.2) is 27.6 Å². The Morgan fingerprint density at radius 3 is 2.65 bits per heavy atom. The Hall–Kier alpha value is -1.49. The van der Waals surface area contributed by atoms with Crippen molar-refractivity contribution < 1.29 is 14.7 Å². The zero-order valence-electron chi connectivity index (χ0n) is 11.6. The molecule has 1 heterocycles. The molecule has 2 N–H and O–H groups in total. The van der Waals surface area contributed by atoms with Gasteiger partial charge in [0.25, 0.3) is 5.91 Å². The molecule has 0 aromatic carbocycles. The maximum absolute atomic E-state index is 12.3. The second kappa shape index (κ2) is 5.87. The zero-order chi connectivity index (χ0) is 14.9. The summed E-state index contributed by atoms with van der Waals surface area (Å²) in [5.74, 6) is -0.865. The van der Waals surface area contributed by atoms with Gasteiger partial charge in [0.05, 0.1) is 11.4 Å². The lowest BCUT2D eigenvalue weighted by Gasteiger charge is -2.18. The largest absolute Gasteiger partial charge is 0.481 e. The molecule has 20 heavy (non-hydrogen) atoms. The van der Waals surface area contributed by atoms with Crippen molar-refractivity contribution in [3.05, 3.63) is 23.0 Å². The van der Waals surface area contributed by atoms with E-state index in [2.05, 4.69) is 5.32 Å². The van der Waals surface area contributed by atoms with Gasteiger partial charge >= 0.3 is 5.97 Å². The molecule has 1 atom stereocenters. The average Bonchev–Trinajstić information content (AvgIpc) is 3.10. The van der Waals surface area contributed by atoms with Gasteiger partial charge in [0.2, 0.25) is 0 Å². The number of carboxylic acid groups (broad SMARTS) is 1. The lowest BCUT2D eigenvalue weighted by molar-refractivity contribution is -0.137. The van der Waals surface area contributed by atoms with E-state index in [9.17, 15) is 9.59 Å². The fraction of sp³-hybridized carbons (Fsp3) is 0.571. The molecule has 0 aliphatic heterocycles. The summed E-state index contributed by atoms with van der Waals surface area (Å²) in [6, 6.07) is 1.43. The number of hydrogen-bond acceptors (Lipinski definition) is 2. The van der Waals surface area contributed by atoms with Crippen LogP contribution >= 0.6 is 11.6 Å². The van der Waals surface area contributed by atoms with E-state index in [0.29, 0.717) is 10.7 Å². The van der Waals surface area contributed by atoms with Gasteiger partial charge in [0.15, 0.2) is 0 Å². The number of aromatic nitrogens is 1. The van der Waals surface area contributed by atoms with Crippen molar-refractivity contribution in [3.63, 3.8) is 0 Å². The topological polar surface area (TPSA) is 71.3 Å². The smallest absolute Gasteiger partial charge is 0.305 e. The molecule has 0 bridgehead atoms. The quantitative estimate of drug-likeness (QED) is 0.848. The van der Waals surface area contributed by atoms with E-state index in [4.69, 9.17) is 16.7 Å². The molecule has 1 aliphatic rings. The molecule has 0 radical (unpaired) electrons. The lowest BCUT2D eigenvalue weighted by Crippen LogP contribution is -2.39. The van der Waals surface area contributed by atoms with Gasteiger partial charge in [-0.3, -0.25) is 9.59 Å². The van der Waals surface area contributed by atoms with Gasteiger partial charge in [0.1, 0.15) is 5.69 Å². The van der Waals surface area contributed by atoms with E-state index in [1.54, 1.807) is 16.8 Å². The minimum absolute atomic E-state index is 0.0352. The first-order valence-electron chi connectivity index (χ1n) is 6.78. The molecule has 0 saturated heterocycles. The summed E-state index contributed by atoms with van der Waals surface area (Å²) >= 11 is 5.95. The van der Waals surface area contributed by atoms with Gasteiger partial charge in [-0.1, -0.05) is 11.6 Å². The standard InChI is InChI=1S/C14H19ClN2O3/c1-8(2)17-7-10(15)5-12(17)14(20)16-11(6-13(18)19)9-3-4-9/h5,7-9,11H,3-4,6H2,1-2H3,(H,16,20)(H,18,19). The van der Waals surface area contributed by atoms with Crippen molar-refractivity contribution in [2.75, 3.05) is 0 Å². The Morgan fingerprint density at radius 1 is 1.50 bits per heavy atom. The van der Waals surface area contributed by atoms with E-state index in [0.717, 1.165) is 12.8 Å². The van der Waals surface area contributed by atoms with Crippen molar-refractivity contribution in [2.45, 2.75) is 45.2 Å². The Bertz CT molecular complexity index is 520. The number of halogens is 1. The first-order valence-corrected chi connectivity index (χ1v) is 7.16. The van der Waals surface area contributed by atoms with Crippen molar-refractivity contribution >= 4 is 23.5 Å². The lowest BCUT2D eigenvalue weighted by atomic mass is 10.1. The van der Waals surface area contributed by atoms with Crippen LogP contribution in [0.4, 0.5) is 0 Å². The Morgan fingerprint density at radius 2 is 2.15 bits per heavy atom. The van der Waals surface area contributed by atoms with E-state index >= 15 is 0 Å². The summed E-state index contributed by atoms with van der Waals surface area (Å²) in [6.45, 7) is 3.92. The van der Waals surface area contributed by atoms with E-state index in [1.165, 1.54) is 0 Å². The third kappa shape index (κ3) is 3.54. The maximum Gasteiger partial charge on any atom is 0.305 e. The van der Waals surface area contributed by atoms with Crippen molar-refractivity contribution in [2.24, 2.45) is 5.92 Å². The summed E-state index contributed by atoms with van der Waals surface area (Å²) < 4.78 is 1.79. The fourth-order valence-electron chi connectivity index (χ4n) is 2.32. The Labute approximate surface area is 122 Å². The van der Waals surface area contributed by atoms with Crippen LogP contribution < -0.4 is 5.32 Å². The number of amides is 1. The van der Waals surface area contributed by atoms with Crippen LogP contribution in [-0.2, 0) is 4.79 Å². The molecule has 1 saturated carbocycles. The number of nitrogens with zero attached hydrogens (tertiary/aromatic N) is 1. The summed E-state index contributed by atoms with van der Waals surface area (Å²) in [4.78, 5) is 23.2. The molecule has 110 valence electrons. The second-order valence-electron chi connectivity index (χ2n) is 5.56. The Balaban J connectivity index is 2.12. The fourth-order valence-corrected chi connectivity index (χ4v) is 2.53. The summed E-state index contributed by atoms with van der Waals surface area (Å²) in [5, 5.41) is 12.3. The SMILES string of the molecule is CC(C)n1cc(Cl)cc1C(=O)NC(CC(=O)O)C1CC1. The minimum Gasteiger partial charge on any atom is -0.481 e. The number of hydrogen-bond donors (Lipinski definition) is 2. The van der Waals surface area contributed by atoms with Crippen LogP contribution in [0.5, 0.6) is 0 Å². The van der Waals surface area contributed by atoms with E-state index in [1.807, 2.05) is 13.8 Å². The van der Waals surface area contributed by atoms with Gasteiger partial charge in [-0.25, -0.2) is 0 Å². The molecule has 2 rings (SSSR count). The molecule has 1 fully saturated rings. The summed E-state index contributed by atoms with van der Waals surface area (Å²) in [6.07, 6.45) is 3.63. The predicted octanol–water partition coefficient (Wildman–Crippen LogP) is 2.71. The van der Waals surface area contributed by atoms with Crippen LogP contribution in [0.1, 0.15) is 49.6 Å². The maximum atomic E-state index is 12.3.